The summed E-state index contributed by atoms with van der Waals surface area (Å²) in [6.45, 7) is -1.64. The maximum Gasteiger partial charge on any atom is 1.00 e. The van der Waals surface area contributed by atoms with Gasteiger partial charge in [0.2, 0.25) is 0 Å². The first kappa shape index (κ1) is 11.8. The molecule has 1 aliphatic rings. The van der Waals surface area contributed by atoms with Gasteiger partial charge >= 0.3 is 29.6 Å². The molecular weight excluding hydrogens is 183 g/mol. The molecule has 0 aromatic heterocycles. The Morgan fingerprint density at radius 3 is 2.00 bits per heavy atom. The van der Waals surface area contributed by atoms with Crippen LogP contribution in [0.4, 0.5) is 8.78 Å². The van der Waals surface area contributed by atoms with Gasteiger partial charge in [0.25, 0.3) is 11.8 Å². The summed E-state index contributed by atoms with van der Waals surface area (Å²) in [5.41, 5.74) is 0. The summed E-state index contributed by atoms with van der Waals surface area (Å²) in [4.78, 5) is 20.7. The third-order valence-corrected chi connectivity index (χ3v) is 1.31. The first-order valence-electron chi connectivity index (χ1n) is 2.80. The van der Waals surface area contributed by atoms with Crippen LogP contribution in [0.2, 0.25) is 0 Å². The van der Waals surface area contributed by atoms with Gasteiger partial charge < -0.3 is 14.8 Å². The predicted molar refractivity (Wildman–Crippen MR) is 26.5 cm³/mol. The molecule has 1 heterocycles. The average Bonchev–Trinajstić information content (AvgIpc) is 1.80. The summed E-state index contributed by atoms with van der Waals surface area (Å²) in [7, 11) is 0. The summed E-state index contributed by atoms with van der Waals surface area (Å²) in [5.74, 6) is -6.25. The van der Waals surface area contributed by atoms with Crippen LogP contribution in [0.3, 0.4) is 0 Å². The van der Waals surface area contributed by atoms with Crippen LogP contribution in [0.25, 0.3) is 0 Å². The second-order valence-corrected chi connectivity index (χ2v) is 2.30. The van der Waals surface area contributed by atoms with E-state index in [0.717, 1.165) is 0 Å². The van der Waals surface area contributed by atoms with E-state index in [1.807, 2.05) is 0 Å². The molecule has 0 atom stereocenters. The van der Waals surface area contributed by atoms with Crippen molar-refractivity contribution in [2.45, 2.75) is 5.92 Å². The van der Waals surface area contributed by atoms with Gasteiger partial charge in [-0.15, -0.1) is 0 Å². The van der Waals surface area contributed by atoms with Crippen LogP contribution in [-0.4, -0.2) is 35.8 Å². The third kappa shape index (κ3) is 2.40. The van der Waals surface area contributed by atoms with Crippen molar-refractivity contribution in [1.82, 2.24) is 4.90 Å². The Bertz CT molecular complexity index is 213. The van der Waals surface area contributed by atoms with Crippen LogP contribution < -0.4 is 34.7 Å². The molecule has 0 aliphatic carbocycles. The van der Waals surface area contributed by atoms with Gasteiger partial charge in [0.1, 0.15) is 5.97 Å². The van der Waals surface area contributed by atoms with Crippen molar-refractivity contribution >= 4 is 11.9 Å². The van der Waals surface area contributed by atoms with E-state index in [-0.39, 0.29) is 29.6 Å². The molecule has 1 fully saturated rings. The first-order chi connectivity index (χ1) is 4.92. The van der Waals surface area contributed by atoms with Gasteiger partial charge in [0.15, 0.2) is 0 Å². The third-order valence-electron chi connectivity index (χ3n) is 1.31. The number of carbonyl (C=O) groups excluding carboxylic acids is 2. The van der Waals surface area contributed by atoms with Gasteiger partial charge in [0, 0.05) is 0 Å². The fourth-order valence-corrected chi connectivity index (χ4v) is 0.785. The maximum absolute atomic E-state index is 12.0. The van der Waals surface area contributed by atoms with Crippen molar-refractivity contribution in [3.8, 4) is 0 Å². The summed E-state index contributed by atoms with van der Waals surface area (Å²) >= 11 is 0. The molecule has 0 saturated carbocycles. The van der Waals surface area contributed by atoms with Crippen molar-refractivity contribution in [3.05, 3.63) is 0 Å². The molecule has 0 N–H and O–H groups in total. The van der Waals surface area contributed by atoms with E-state index in [1.54, 1.807) is 0 Å². The van der Waals surface area contributed by atoms with Crippen molar-refractivity contribution in [2.24, 2.45) is 0 Å². The van der Waals surface area contributed by atoms with E-state index in [0.29, 0.717) is 4.90 Å². The summed E-state index contributed by atoms with van der Waals surface area (Å²) < 4.78 is 24.0. The molecule has 0 spiro atoms. The van der Waals surface area contributed by atoms with Crippen molar-refractivity contribution in [2.75, 3.05) is 13.1 Å². The van der Waals surface area contributed by atoms with Crippen molar-refractivity contribution < 1.29 is 53.0 Å². The monoisotopic (exact) mass is 187 g/mol. The molecule has 1 amide bonds. The number of likely N-dealkylation sites (tertiary alicyclic amines) is 1. The van der Waals surface area contributed by atoms with E-state index < -0.39 is 30.9 Å². The van der Waals surface area contributed by atoms with Crippen LogP contribution in [0.5, 0.6) is 0 Å². The van der Waals surface area contributed by atoms with E-state index in [1.165, 1.54) is 0 Å². The zero-order chi connectivity index (χ0) is 8.65. The zero-order valence-electron chi connectivity index (χ0n) is 6.34. The molecule has 7 heteroatoms. The number of amides is 1. The van der Waals surface area contributed by atoms with Gasteiger partial charge in [-0.25, -0.2) is 8.78 Å². The van der Waals surface area contributed by atoms with Crippen LogP contribution in [0, 0.1) is 0 Å². The van der Waals surface area contributed by atoms with Crippen LogP contribution in [-0.2, 0) is 9.59 Å². The van der Waals surface area contributed by atoms with Crippen LogP contribution >= 0.6 is 0 Å². The van der Waals surface area contributed by atoms with E-state index >= 15 is 0 Å². The minimum Gasteiger partial charge on any atom is -0.540 e. The molecule has 0 aromatic rings. The Kier molecular flexibility index (Phi) is 3.61. The first-order valence-corrected chi connectivity index (χ1v) is 2.80. The summed E-state index contributed by atoms with van der Waals surface area (Å²) in [6.07, 6.45) is 0. The fraction of sp³-hybridized carbons (Fsp3) is 0.600. The number of nitrogens with zero attached hydrogens (tertiary/aromatic N) is 1. The number of carboxylic acid groups (broad SMARTS) is 1. The number of hydrogen-bond acceptors (Lipinski definition) is 3. The Morgan fingerprint density at radius 1 is 1.33 bits per heavy atom. The number of rotatable bonds is 0. The number of aliphatic carboxylic acids is 1. The second-order valence-electron chi connectivity index (χ2n) is 2.30. The number of alkyl halides is 2. The predicted octanol–water partition coefficient (Wildman–Crippen LogP) is -4.78. The van der Waals surface area contributed by atoms with E-state index in [2.05, 4.69) is 0 Å². The van der Waals surface area contributed by atoms with Gasteiger partial charge in [-0.1, -0.05) is 0 Å². The van der Waals surface area contributed by atoms with Crippen molar-refractivity contribution in [3.63, 3.8) is 0 Å². The summed E-state index contributed by atoms with van der Waals surface area (Å²) in [5, 5.41) is 9.80. The number of carboxylic acids is 1. The molecule has 0 radical (unpaired) electrons. The molecule has 1 rings (SSSR count). The Hall–Kier alpha value is -0.200. The average molecular weight is 187 g/mol. The van der Waals surface area contributed by atoms with E-state index in [9.17, 15) is 23.5 Å². The van der Waals surface area contributed by atoms with Crippen molar-refractivity contribution in [1.29, 1.82) is 0 Å². The molecular formula is C5H4F2NNaO3. The minimum absolute atomic E-state index is 0. The maximum atomic E-state index is 12.0. The molecule has 62 valence electrons. The second kappa shape index (κ2) is 3.68. The number of hydrogen-bond donors (Lipinski definition) is 0. The molecule has 1 aliphatic heterocycles. The fourth-order valence-electron chi connectivity index (χ4n) is 0.785. The molecule has 0 unspecified atom stereocenters. The molecule has 12 heavy (non-hydrogen) atoms. The Balaban J connectivity index is 0.00000121. The Labute approximate surface area is 88.8 Å². The number of halogens is 2. The molecule has 0 bridgehead atoms. The van der Waals surface area contributed by atoms with Gasteiger partial charge in [-0.05, 0) is 0 Å². The minimum atomic E-state index is -2.93. The summed E-state index contributed by atoms with van der Waals surface area (Å²) in [6, 6.07) is 0. The van der Waals surface area contributed by atoms with Crippen LogP contribution in [0.1, 0.15) is 0 Å². The Morgan fingerprint density at radius 2 is 1.75 bits per heavy atom. The normalized spacial score (nSPS) is 19.0. The topological polar surface area (TPSA) is 60.4 Å². The zero-order valence-corrected chi connectivity index (χ0v) is 8.34. The quantitative estimate of drug-likeness (QED) is 0.282. The van der Waals surface area contributed by atoms with Gasteiger partial charge in [-0.2, -0.15) is 0 Å². The molecule has 4 nitrogen and oxygen atoms in total. The standard InChI is InChI=1S/C5H5F2NO3.Na/c6-5(7)1-8(2-5)3(9)4(10)11;/h1-2H2,(H,10,11);/q;+1/p-1. The molecule has 1 saturated heterocycles. The smallest absolute Gasteiger partial charge is 0.540 e. The van der Waals surface area contributed by atoms with Gasteiger partial charge in [-0.3, -0.25) is 4.79 Å². The molecule has 0 aromatic carbocycles. The van der Waals surface area contributed by atoms with Gasteiger partial charge in [0.05, 0.1) is 13.1 Å². The van der Waals surface area contributed by atoms with E-state index in [4.69, 9.17) is 0 Å². The largest absolute Gasteiger partial charge is 1.00 e. The number of carbonyl (C=O) groups is 2. The van der Waals surface area contributed by atoms with Crippen LogP contribution in [0.15, 0.2) is 0 Å². The SMILES string of the molecule is O=C([O-])C(=O)N1CC(F)(F)C1.[Na+].